The van der Waals surface area contributed by atoms with E-state index < -0.39 is 16.7 Å². The minimum Gasteiger partial charge on any atom is -0.480 e. The molecule has 0 bridgehead atoms. The first-order chi connectivity index (χ1) is 12.9. The monoisotopic (exact) mass is 379 g/mol. The highest BCUT2D eigenvalue weighted by Gasteiger charge is 2.39. The van der Waals surface area contributed by atoms with Gasteiger partial charge in [-0.25, -0.2) is 4.79 Å². The molecular formula is C21H17NO4S. The fraction of sp³-hybridized carbons (Fsp3) is 0.190. The van der Waals surface area contributed by atoms with Crippen molar-refractivity contribution in [1.29, 1.82) is 0 Å². The molecule has 0 radical (unpaired) electrons. The van der Waals surface area contributed by atoms with Crippen molar-refractivity contribution in [1.82, 2.24) is 4.98 Å². The molecule has 0 saturated carbocycles. The number of hydrogen-bond acceptors (Lipinski definition) is 4. The third kappa shape index (κ3) is 2.86. The summed E-state index contributed by atoms with van der Waals surface area (Å²) in [5.41, 5.74) is 2.98. The molecule has 0 aliphatic carbocycles. The molecule has 27 heavy (non-hydrogen) atoms. The first kappa shape index (κ1) is 17.5. The number of aliphatic carboxylic acids is 1. The van der Waals surface area contributed by atoms with Gasteiger partial charge in [0.25, 0.3) is 0 Å². The molecule has 1 aliphatic rings. The highest BCUT2D eigenvalue weighted by atomic mass is 32.2. The zero-order valence-electron chi connectivity index (χ0n) is 14.6. The van der Waals surface area contributed by atoms with E-state index in [1.54, 1.807) is 37.5 Å². The third-order valence-electron chi connectivity index (χ3n) is 5.07. The lowest BCUT2D eigenvalue weighted by Crippen LogP contribution is -2.34. The molecule has 0 fully saturated rings. The van der Waals surface area contributed by atoms with Crippen molar-refractivity contribution >= 4 is 34.5 Å². The van der Waals surface area contributed by atoms with Gasteiger partial charge in [0.15, 0.2) is 0 Å². The van der Waals surface area contributed by atoms with Crippen LogP contribution in [0.4, 0.5) is 0 Å². The van der Waals surface area contributed by atoms with Gasteiger partial charge in [0.05, 0.1) is 5.56 Å². The number of pyridine rings is 1. The van der Waals surface area contributed by atoms with E-state index in [2.05, 4.69) is 4.98 Å². The van der Waals surface area contributed by atoms with E-state index in [-0.39, 0.29) is 5.56 Å². The van der Waals surface area contributed by atoms with Gasteiger partial charge in [0.2, 0.25) is 0 Å². The van der Waals surface area contributed by atoms with Gasteiger partial charge in [0.1, 0.15) is 4.75 Å². The van der Waals surface area contributed by atoms with Crippen LogP contribution in [0.3, 0.4) is 0 Å². The Labute approximate surface area is 160 Å². The van der Waals surface area contributed by atoms with Gasteiger partial charge in [-0.05, 0) is 47.7 Å². The summed E-state index contributed by atoms with van der Waals surface area (Å²) < 4.78 is -0.889. The number of aromatic nitrogens is 1. The summed E-state index contributed by atoms with van der Waals surface area (Å²) in [4.78, 5) is 28.6. The highest BCUT2D eigenvalue weighted by Crippen LogP contribution is 2.48. The Morgan fingerprint density at radius 3 is 2.48 bits per heavy atom. The topological polar surface area (TPSA) is 87.5 Å². The van der Waals surface area contributed by atoms with Crippen LogP contribution in [-0.4, -0.2) is 31.9 Å². The molecule has 2 heterocycles. The van der Waals surface area contributed by atoms with Gasteiger partial charge in [-0.3, -0.25) is 9.78 Å². The number of carboxylic acid groups (broad SMARTS) is 2. The van der Waals surface area contributed by atoms with Crippen molar-refractivity contribution in [3.8, 4) is 11.1 Å². The lowest BCUT2D eigenvalue weighted by molar-refractivity contribution is -0.139. The Balaban J connectivity index is 1.96. The van der Waals surface area contributed by atoms with Crippen LogP contribution in [0.1, 0.15) is 29.3 Å². The smallest absolute Gasteiger partial charge is 0.336 e. The van der Waals surface area contributed by atoms with Gasteiger partial charge in [-0.15, -0.1) is 11.8 Å². The van der Waals surface area contributed by atoms with Crippen molar-refractivity contribution in [2.24, 2.45) is 0 Å². The number of nitrogens with zero attached hydrogens (tertiary/aromatic N) is 1. The van der Waals surface area contributed by atoms with Crippen molar-refractivity contribution in [2.45, 2.75) is 29.4 Å². The molecule has 1 atom stereocenters. The lowest BCUT2D eigenvalue weighted by Gasteiger charge is -2.31. The maximum Gasteiger partial charge on any atom is 0.336 e. The fourth-order valence-corrected chi connectivity index (χ4v) is 4.80. The van der Waals surface area contributed by atoms with E-state index in [0.717, 1.165) is 27.0 Å². The molecule has 4 rings (SSSR count). The first-order valence-electron chi connectivity index (χ1n) is 8.55. The van der Waals surface area contributed by atoms with Crippen LogP contribution in [0, 0.1) is 0 Å². The van der Waals surface area contributed by atoms with Crippen molar-refractivity contribution in [2.75, 3.05) is 0 Å². The van der Waals surface area contributed by atoms with Crippen LogP contribution in [0.5, 0.6) is 0 Å². The molecule has 5 nitrogen and oxygen atoms in total. The van der Waals surface area contributed by atoms with Gasteiger partial charge in [-0.1, -0.05) is 30.3 Å². The summed E-state index contributed by atoms with van der Waals surface area (Å²) in [7, 11) is 0. The quantitative estimate of drug-likeness (QED) is 0.698. The Kier molecular flexibility index (Phi) is 4.15. The number of hydrogen-bond donors (Lipinski definition) is 2. The molecule has 1 unspecified atom stereocenters. The number of aryl methyl sites for hydroxylation is 1. The minimum absolute atomic E-state index is 0.245. The fourth-order valence-electron chi connectivity index (χ4n) is 3.50. The molecular weight excluding hydrogens is 362 g/mol. The number of fused-ring (bicyclic) bond motifs is 2. The standard InChI is InChI=1S/C21H17NO4S/c1-21(20(25)26)9-8-12-10-22-11-17(18(12)27-21)15-6-7-16(19(23)24)14-5-3-2-4-13(14)15/h2-7,10-11H,8-9H2,1H3,(H,23,24)(H,25,26). The zero-order chi connectivity index (χ0) is 19.2. The van der Waals surface area contributed by atoms with Gasteiger partial charge in [0, 0.05) is 22.9 Å². The predicted molar refractivity (Wildman–Crippen MR) is 104 cm³/mol. The molecule has 2 aromatic carbocycles. The SMILES string of the molecule is CC1(C(=O)O)CCc2cncc(-c3ccc(C(=O)O)c4ccccc34)c2S1. The number of rotatable bonds is 3. The maximum atomic E-state index is 11.8. The Bertz CT molecular complexity index is 1090. The van der Waals surface area contributed by atoms with Crippen molar-refractivity contribution in [3.05, 3.63) is 59.9 Å². The average molecular weight is 379 g/mol. The summed E-state index contributed by atoms with van der Waals surface area (Å²) in [6, 6.07) is 10.8. The van der Waals surface area contributed by atoms with E-state index in [4.69, 9.17) is 0 Å². The first-order valence-corrected chi connectivity index (χ1v) is 9.37. The van der Waals surface area contributed by atoms with Crippen molar-refractivity contribution < 1.29 is 19.8 Å². The molecule has 2 N–H and O–H groups in total. The second-order valence-corrected chi connectivity index (χ2v) is 8.34. The van der Waals surface area contributed by atoms with Crippen LogP contribution in [0.15, 0.2) is 53.7 Å². The molecule has 0 spiro atoms. The third-order valence-corrected chi connectivity index (χ3v) is 6.58. The molecule has 0 saturated heterocycles. The second-order valence-electron chi connectivity index (χ2n) is 6.82. The number of aromatic carboxylic acids is 1. The van der Waals surface area contributed by atoms with E-state index in [9.17, 15) is 19.8 Å². The summed E-state index contributed by atoms with van der Waals surface area (Å²) in [6.07, 6.45) is 4.73. The van der Waals surface area contributed by atoms with Gasteiger partial charge < -0.3 is 10.2 Å². The van der Waals surface area contributed by atoms with Crippen LogP contribution < -0.4 is 0 Å². The molecule has 6 heteroatoms. The van der Waals surface area contributed by atoms with Crippen molar-refractivity contribution in [3.63, 3.8) is 0 Å². The van der Waals surface area contributed by atoms with E-state index in [1.165, 1.54) is 11.8 Å². The Morgan fingerprint density at radius 1 is 1.04 bits per heavy atom. The van der Waals surface area contributed by atoms with Gasteiger partial charge in [-0.2, -0.15) is 0 Å². The van der Waals surface area contributed by atoms with Crippen LogP contribution in [0.2, 0.25) is 0 Å². The normalized spacial score (nSPS) is 18.9. The minimum atomic E-state index is -0.973. The molecule has 1 aromatic heterocycles. The van der Waals surface area contributed by atoms with Gasteiger partial charge >= 0.3 is 11.9 Å². The number of benzene rings is 2. The number of carboxylic acids is 2. The van der Waals surface area contributed by atoms with Crippen LogP contribution in [-0.2, 0) is 11.2 Å². The Hall–Kier alpha value is -2.86. The second kappa shape index (κ2) is 6.39. The maximum absolute atomic E-state index is 11.8. The molecule has 3 aromatic rings. The summed E-state index contributed by atoms with van der Waals surface area (Å²) >= 11 is 1.35. The molecule has 136 valence electrons. The molecule has 1 aliphatic heterocycles. The van der Waals surface area contributed by atoms with Crippen LogP contribution >= 0.6 is 11.8 Å². The average Bonchev–Trinajstić information content (AvgIpc) is 2.66. The highest BCUT2D eigenvalue weighted by molar-refractivity contribution is 8.01. The summed E-state index contributed by atoms with van der Waals surface area (Å²) in [5.74, 6) is -1.80. The van der Waals surface area contributed by atoms with E-state index in [0.29, 0.717) is 18.2 Å². The van der Waals surface area contributed by atoms with E-state index in [1.807, 2.05) is 18.2 Å². The largest absolute Gasteiger partial charge is 0.480 e. The van der Waals surface area contributed by atoms with E-state index >= 15 is 0 Å². The summed E-state index contributed by atoms with van der Waals surface area (Å²) in [5, 5.41) is 20.6. The zero-order valence-corrected chi connectivity index (χ0v) is 15.4. The van der Waals surface area contributed by atoms with Crippen LogP contribution in [0.25, 0.3) is 21.9 Å². The number of thioether (sulfide) groups is 1. The molecule has 0 amide bonds. The Morgan fingerprint density at radius 2 is 1.78 bits per heavy atom. The summed E-state index contributed by atoms with van der Waals surface area (Å²) in [6.45, 7) is 1.75. The lowest BCUT2D eigenvalue weighted by atomic mass is 9.93. The number of carbonyl (C=O) groups is 2. The predicted octanol–water partition coefficient (Wildman–Crippen LogP) is 4.48.